The average molecular weight is 416 g/mol. The number of benzene rings is 3. The predicted molar refractivity (Wildman–Crippen MR) is 97.3 cm³/mol. The molecule has 0 heterocycles. The van der Waals surface area contributed by atoms with E-state index in [9.17, 15) is 0 Å². The van der Waals surface area contributed by atoms with Gasteiger partial charge in [-0.05, 0) is 23.8 Å². The van der Waals surface area contributed by atoms with Gasteiger partial charge >= 0.3 is 17.1 Å². The molecule has 0 atom stereocenters. The minimum absolute atomic E-state index is 0. The summed E-state index contributed by atoms with van der Waals surface area (Å²) in [4.78, 5) is 16.5. The topological polar surface area (TPSA) is 80.3 Å². The molecule has 0 bridgehead atoms. The Kier molecular flexibility index (Phi) is 13.5. The third kappa shape index (κ3) is 8.08. The molecule has 0 saturated carbocycles. The van der Waals surface area contributed by atoms with Crippen molar-refractivity contribution in [3.63, 3.8) is 0 Å². The van der Waals surface area contributed by atoms with Crippen molar-refractivity contribution in [2.75, 3.05) is 0 Å². The maximum Gasteiger partial charge on any atom is 2.00 e. The summed E-state index contributed by atoms with van der Waals surface area (Å²) in [7, 11) is -0.446. The van der Waals surface area contributed by atoms with E-state index in [1.54, 1.807) is 0 Å². The number of carbonyl (C=O) groups excluding carboxylic acids is 2. The molecule has 6 heteroatoms. The molecule has 0 aliphatic carbocycles. The molecule has 0 saturated heterocycles. The summed E-state index contributed by atoms with van der Waals surface area (Å²) < 4.78 is 0. The fraction of sp³-hybridized carbons (Fsp3) is 0. The predicted octanol–water partition coefficient (Wildman–Crippen LogP) is 0.175. The van der Waals surface area contributed by atoms with Gasteiger partial charge in [0.25, 0.3) is 0 Å². The van der Waals surface area contributed by atoms with E-state index in [2.05, 4.69) is 91.0 Å². The van der Waals surface area contributed by atoms with E-state index in [0.29, 0.717) is 0 Å². The van der Waals surface area contributed by atoms with Crippen LogP contribution >= 0.6 is 7.92 Å². The van der Waals surface area contributed by atoms with Crippen molar-refractivity contribution in [2.45, 2.75) is 0 Å². The van der Waals surface area contributed by atoms with Crippen molar-refractivity contribution in [3.8, 4) is 0 Å². The third-order valence-electron chi connectivity index (χ3n) is 3.04. The van der Waals surface area contributed by atoms with Crippen molar-refractivity contribution in [1.29, 1.82) is 0 Å². The molecule has 0 fully saturated rings. The molecule has 0 aliphatic rings. The fourth-order valence-corrected chi connectivity index (χ4v) is 4.48. The van der Waals surface area contributed by atoms with Crippen LogP contribution < -0.4 is 26.1 Å². The second-order valence-corrected chi connectivity index (χ2v) is 6.75. The van der Waals surface area contributed by atoms with Gasteiger partial charge in [0.1, 0.15) is 0 Å². The van der Waals surface area contributed by atoms with Crippen molar-refractivity contribution < 1.29 is 36.9 Å². The Morgan fingerprint density at radius 3 is 0.923 bits per heavy atom. The summed E-state index contributed by atoms with van der Waals surface area (Å²) in [6, 6.07) is 32.3. The molecule has 26 heavy (non-hydrogen) atoms. The van der Waals surface area contributed by atoms with E-state index in [-0.39, 0.29) is 17.1 Å². The number of hydrogen-bond acceptors (Lipinski definition) is 4. The van der Waals surface area contributed by atoms with Gasteiger partial charge in [-0.3, -0.25) is 0 Å². The first kappa shape index (κ1) is 23.5. The molecule has 3 rings (SSSR count). The zero-order chi connectivity index (χ0) is 18.3. The van der Waals surface area contributed by atoms with Crippen molar-refractivity contribution in [2.24, 2.45) is 0 Å². The second kappa shape index (κ2) is 14.9. The smallest absolute Gasteiger partial charge is 0.554 e. The fourth-order valence-electron chi connectivity index (χ4n) is 2.18. The monoisotopic (exact) mass is 415 g/mol. The largest absolute Gasteiger partial charge is 2.00 e. The average Bonchev–Trinajstić information content (AvgIpc) is 2.66. The van der Waals surface area contributed by atoms with Crippen molar-refractivity contribution in [3.05, 3.63) is 91.0 Å². The van der Waals surface area contributed by atoms with E-state index >= 15 is 0 Å². The van der Waals surface area contributed by atoms with Gasteiger partial charge in [-0.2, -0.15) is 0 Å². The minimum atomic E-state index is -0.500. The quantitative estimate of drug-likeness (QED) is 0.347. The molecule has 4 nitrogen and oxygen atoms in total. The number of carbonyl (C=O) groups is 2. The van der Waals surface area contributed by atoms with Gasteiger partial charge in [-0.1, -0.05) is 91.0 Å². The number of hydrogen-bond donors (Lipinski definition) is 0. The standard InChI is InChI=1S/C18H15P.2CH2O2.Cu/c1-4-10-16(11-5-1)19(17-12-6-2-7-13-17)18-14-8-3-9-15-18;2*2-1-3;/h1-15H;2*1H,(H,2,3);/q;;;+2/p-2. The van der Waals surface area contributed by atoms with Crippen LogP contribution in [0.4, 0.5) is 0 Å². The molecule has 0 aliphatic heterocycles. The third-order valence-corrected chi connectivity index (χ3v) is 5.49. The molecule has 3 aromatic rings. The van der Waals surface area contributed by atoms with Crippen LogP contribution in [0.5, 0.6) is 0 Å². The molecule has 0 spiro atoms. The SMILES string of the molecule is O=C[O-].O=C[O-].[Cu+2].c1ccc(P(c2ccccc2)c2ccccc2)cc1. The van der Waals surface area contributed by atoms with Gasteiger partial charge in [0.15, 0.2) is 0 Å². The summed E-state index contributed by atoms with van der Waals surface area (Å²) in [6.45, 7) is -1.00. The van der Waals surface area contributed by atoms with E-state index in [1.807, 2.05) is 0 Å². The van der Waals surface area contributed by atoms with Gasteiger partial charge in [0.2, 0.25) is 0 Å². The van der Waals surface area contributed by atoms with Crippen LogP contribution in [-0.2, 0) is 26.7 Å². The summed E-state index contributed by atoms with van der Waals surface area (Å²) >= 11 is 0. The molecule has 0 aromatic heterocycles. The summed E-state index contributed by atoms with van der Waals surface area (Å²) in [5.41, 5.74) is 0. The van der Waals surface area contributed by atoms with Gasteiger partial charge in [0.05, 0.1) is 0 Å². The zero-order valence-corrected chi connectivity index (χ0v) is 15.5. The van der Waals surface area contributed by atoms with Crippen molar-refractivity contribution in [1.82, 2.24) is 0 Å². The minimum Gasteiger partial charge on any atom is -0.554 e. The van der Waals surface area contributed by atoms with Crippen LogP contribution in [0, 0.1) is 0 Å². The van der Waals surface area contributed by atoms with Gasteiger partial charge in [-0.25, -0.2) is 0 Å². The Morgan fingerprint density at radius 2 is 0.731 bits per heavy atom. The van der Waals surface area contributed by atoms with Crippen molar-refractivity contribution >= 4 is 36.8 Å². The van der Waals surface area contributed by atoms with Gasteiger partial charge in [-0.15, -0.1) is 0 Å². The molecule has 0 amide bonds. The molecule has 1 radical (unpaired) electrons. The Balaban J connectivity index is 0.000000793. The number of carboxylic acid groups (broad SMARTS) is 2. The molecular formula is C20H17CuO4P. The van der Waals surface area contributed by atoms with E-state index in [0.717, 1.165) is 0 Å². The molecule has 3 aromatic carbocycles. The first-order valence-electron chi connectivity index (χ1n) is 7.35. The molecular weight excluding hydrogens is 399 g/mol. The van der Waals surface area contributed by atoms with Crippen LogP contribution in [0.25, 0.3) is 0 Å². The second-order valence-electron chi connectivity index (χ2n) is 4.53. The Bertz CT molecular complexity index is 625. The molecule has 137 valence electrons. The Morgan fingerprint density at radius 1 is 0.538 bits per heavy atom. The first-order valence-corrected chi connectivity index (χ1v) is 8.69. The summed E-state index contributed by atoms with van der Waals surface area (Å²) in [5.74, 6) is 0. The first-order chi connectivity index (χ1) is 12.3. The maximum absolute atomic E-state index is 8.25. The number of rotatable bonds is 3. The van der Waals surface area contributed by atoms with Crippen LogP contribution in [0.15, 0.2) is 91.0 Å². The Labute approximate surface area is 164 Å². The van der Waals surface area contributed by atoms with E-state index < -0.39 is 20.9 Å². The Hall–Kier alpha value is -2.45. The van der Waals surface area contributed by atoms with Gasteiger partial charge in [0, 0.05) is 12.9 Å². The maximum atomic E-state index is 8.25. The van der Waals surface area contributed by atoms with Crippen LogP contribution in [0.3, 0.4) is 0 Å². The van der Waals surface area contributed by atoms with Crippen LogP contribution in [0.1, 0.15) is 0 Å². The van der Waals surface area contributed by atoms with Crippen LogP contribution in [-0.4, -0.2) is 12.9 Å². The normalized spacial score (nSPS) is 8.65. The van der Waals surface area contributed by atoms with Crippen LogP contribution in [0.2, 0.25) is 0 Å². The summed E-state index contributed by atoms with van der Waals surface area (Å²) in [6.07, 6.45) is 0. The van der Waals surface area contributed by atoms with E-state index in [4.69, 9.17) is 19.8 Å². The summed E-state index contributed by atoms with van der Waals surface area (Å²) in [5, 5.41) is 20.7. The molecule has 0 unspecified atom stereocenters. The zero-order valence-electron chi connectivity index (χ0n) is 13.7. The van der Waals surface area contributed by atoms with Gasteiger partial charge < -0.3 is 19.8 Å². The molecule has 0 N–H and O–H groups in total. The van der Waals surface area contributed by atoms with E-state index in [1.165, 1.54) is 15.9 Å².